The molecule has 8 heteroatoms. The molecule has 1 aromatic heterocycles. The van der Waals surface area contributed by atoms with Crippen LogP contribution in [0, 0.1) is 11.7 Å². The Bertz CT molecular complexity index is 994. The molecule has 0 saturated heterocycles. The fourth-order valence-corrected chi connectivity index (χ4v) is 3.79. The van der Waals surface area contributed by atoms with Gasteiger partial charge >= 0.3 is 0 Å². The Balaban J connectivity index is 1.65. The van der Waals surface area contributed by atoms with Gasteiger partial charge in [-0.2, -0.15) is 0 Å². The number of benzene rings is 2. The van der Waals surface area contributed by atoms with E-state index in [9.17, 15) is 9.18 Å². The van der Waals surface area contributed by atoms with Crippen molar-refractivity contribution in [1.82, 2.24) is 20.1 Å². The number of nitrogens with one attached hydrogen (secondary N) is 1. The summed E-state index contributed by atoms with van der Waals surface area (Å²) in [5.41, 5.74) is 1.05. The van der Waals surface area contributed by atoms with E-state index in [1.807, 2.05) is 41.8 Å². The summed E-state index contributed by atoms with van der Waals surface area (Å²) in [6.07, 6.45) is -0.496. The summed E-state index contributed by atoms with van der Waals surface area (Å²) in [7, 11) is 0. The Morgan fingerprint density at radius 1 is 1.10 bits per heavy atom. The van der Waals surface area contributed by atoms with Gasteiger partial charge in [0.1, 0.15) is 0 Å². The minimum absolute atomic E-state index is 0.0786. The van der Waals surface area contributed by atoms with E-state index in [-0.39, 0.29) is 17.4 Å². The van der Waals surface area contributed by atoms with Gasteiger partial charge < -0.3 is 14.6 Å². The van der Waals surface area contributed by atoms with Crippen molar-refractivity contribution in [3.05, 3.63) is 71.8 Å². The van der Waals surface area contributed by atoms with Crippen LogP contribution in [0.1, 0.15) is 38.3 Å². The molecule has 0 aliphatic rings. The summed E-state index contributed by atoms with van der Waals surface area (Å²) < 4.78 is 21.7. The first-order chi connectivity index (χ1) is 14.9. The maximum Gasteiger partial charge on any atom is 0.230 e. The number of amides is 1. The molecule has 1 amide bonds. The van der Waals surface area contributed by atoms with Crippen LogP contribution in [0.15, 0.2) is 59.8 Å². The molecule has 164 valence electrons. The molecular formula is C23H27FN4O2S. The van der Waals surface area contributed by atoms with Gasteiger partial charge in [0.15, 0.2) is 28.7 Å². The minimum Gasteiger partial charge on any atom is -0.480 e. The highest BCUT2D eigenvalue weighted by molar-refractivity contribution is 7.99. The van der Waals surface area contributed by atoms with Gasteiger partial charge in [-0.3, -0.25) is 4.79 Å². The Morgan fingerprint density at radius 2 is 1.81 bits per heavy atom. The summed E-state index contributed by atoms with van der Waals surface area (Å²) in [5, 5.41) is 12.1. The van der Waals surface area contributed by atoms with Crippen molar-refractivity contribution in [3.8, 4) is 5.75 Å². The van der Waals surface area contributed by atoms with Crippen LogP contribution < -0.4 is 10.1 Å². The van der Waals surface area contributed by atoms with Crippen molar-refractivity contribution in [2.75, 3.05) is 5.75 Å². The average molecular weight is 443 g/mol. The van der Waals surface area contributed by atoms with E-state index in [1.165, 1.54) is 17.8 Å². The van der Waals surface area contributed by atoms with Crippen LogP contribution in [0.25, 0.3) is 0 Å². The Hall–Kier alpha value is -2.87. The van der Waals surface area contributed by atoms with Gasteiger partial charge in [-0.05, 0) is 30.5 Å². The number of ether oxygens (including phenoxy) is 1. The second kappa shape index (κ2) is 10.9. The molecule has 0 aliphatic heterocycles. The topological polar surface area (TPSA) is 69.0 Å². The van der Waals surface area contributed by atoms with Crippen LogP contribution in [0.2, 0.25) is 0 Å². The molecule has 0 radical (unpaired) electrons. The highest BCUT2D eigenvalue weighted by atomic mass is 32.2. The van der Waals surface area contributed by atoms with Crippen molar-refractivity contribution in [3.63, 3.8) is 0 Å². The standard InChI is InChI=1S/C23H27FN4O2S/c1-16(2)14-28-22(17(3)30-20-12-8-7-11-19(20)24)26-27-23(28)31-15-21(29)25-13-18-9-5-4-6-10-18/h4-12,16-17H,13-15H2,1-3H3,(H,25,29). The second-order valence-corrected chi connectivity index (χ2v) is 8.53. The molecule has 1 atom stereocenters. The van der Waals surface area contributed by atoms with E-state index in [4.69, 9.17) is 4.74 Å². The monoisotopic (exact) mass is 442 g/mol. The zero-order valence-electron chi connectivity index (χ0n) is 17.9. The molecule has 31 heavy (non-hydrogen) atoms. The van der Waals surface area contributed by atoms with Crippen LogP contribution >= 0.6 is 11.8 Å². The SMILES string of the molecule is CC(C)Cn1c(SCC(=O)NCc2ccccc2)nnc1C(C)Oc1ccccc1F. The molecule has 1 unspecified atom stereocenters. The number of carbonyl (C=O) groups is 1. The van der Waals surface area contributed by atoms with Gasteiger partial charge in [0.05, 0.1) is 5.75 Å². The summed E-state index contributed by atoms with van der Waals surface area (Å²) >= 11 is 1.33. The molecule has 0 fully saturated rings. The first-order valence-electron chi connectivity index (χ1n) is 10.2. The molecule has 0 bridgehead atoms. The van der Waals surface area contributed by atoms with Crippen LogP contribution in [-0.4, -0.2) is 26.4 Å². The zero-order chi connectivity index (χ0) is 22.2. The minimum atomic E-state index is -0.496. The van der Waals surface area contributed by atoms with Crippen molar-refractivity contribution >= 4 is 17.7 Å². The van der Waals surface area contributed by atoms with Gasteiger partial charge in [-0.15, -0.1) is 10.2 Å². The number of rotatable bonds is 10. The number of halogens is 1. The number of hydrogen-bond donors (Lipinski definition) is 1. The lowest BCUT2D eigenvalue weighted by Gasteiger charge is -2.18. The number of thioether (sulfide) groups is 1. The Kier molecular flexibility index (Phi) is 8.06. The highest BCUT2D eigenvalue weighted by Crippen LogP contribution is 2.26. The maximum absolute atomic E-state index is 14.0. The fraction of sp³-hybridized carbons (Fsp3) is 0.348. The average Bonchev–Trinajstić information content (AvgIpc) is 3.15. The predicted molar refractivity (Wildman–Crippen MR) is 119 cm³/mol. The maximum atomic E-state index is 14.0. The number of aromatic nitrogens is 3. The summed E-state index contributed by atoms with van der Waals surface area (Å²) in [4.78, 5) is 12.3. The van der Waals surface area contributed by atoms with Crippen LogP contribution in [-0.2, 0) is 17.9 Å². The van der Waals surface area contributed by atoms with E-state index >= 15 is 0 Å². The predicted octanol–water partition coefficient (Wildman–Crippen LogP) is 4.62. The third kappa shape index (κ3) is 6.55. The molecule has 3 aromatic rings. The summed E-state index contributed by atoms with van der Waals surface area (Å²) in [6.45, 7) is 7.15. The second-order valence-electron chi connectivity index (χ2n) is 7.59. The zero-order valence-corrected chi connectivity index (χ0v) is 18.7. The van der Waals surface area contributed by atoms with Crippen molar-refractivity contribution in [1.29, 1.82) is 0 Å². The smallest absolute Gasteiger partial charge is 0.230 e. The Labute approximate surface area is 186 Å². The molecule has 0 spiro atoms. The third-order valence-electron chi connectivity index (χ3n) is 4.46. The lowest BCUT2D eigenvalue weighted by Crippen LogP contribution is -2.24. The molecule has 3 rings (SSSR count). The van der Waals surface area contributed by atoms with Gasteiger partial charge in [0, 0.05) is 13.1 Å². The van der Waals surface area contributed by atoms with Crippen molar-refractivity contribution in [2.24, 2.45) is 5.92 Å². The summed E-state index contributed by atoms with van der Waals surface area (Å²) in [6, 6.07) is 16.0. The van der Waals surface area contributed by atoms with Crippen LogP contribution in [0.4, 0.5) is 4.39 Å². The van der Waals surface area contributed by atoms with Crippen LogP contribution in [0.5, 0.6) is 5.75 Å². The fourth-order valence-electron chi connectivity index (χ4n) is 3.01. The lowest BCUT2D eigenvalue weighted by atomic mass is 10.2. The first-order valence-corrected chi connectivity index (χ1v) is 11.2. The molecule has 0 aliphatic carbocycles. The van der Waals surface area contributed by atoms with Crippen molar-refractivity contribution in [2.45, 2.75) is 45.1 Å². The number of para-hydroxylation sites is 1. The van der Waals surface area contributed by atoms with E-state index in [1.54, 1.807) is 18.2 Å². The van der Waals surface area contributed by atoms with E-state index in [2.05, 4.69) is 29.4 Å². The number of carbonyl (C=O) groups excluding carboxylic acids is 1. The number of nitrogens with zero attached hydrogens (tertiary/aromatic N) is 3. The van der Waals surface area contributed by atoms with E-state index in [0.717, 1.165) is 5.56 Å². The number of hydrogen-bond acceptors (Lipinski definition) is 5. The van der Waals surface area contributed by atoms with Crippen LogP contribution in [0.3, 0.4) is 0 Å². The van der Waals surface area contributed by atoms with Gasteiger partial charge in [0.25, 0.3) is 0 Å². The highest BCUT2D eigenvalue weighted by Gasteiger charge is 2.21. The van der Waals surface area contributed by atoms with E-state index < -0.39 is 11.9 Å². The lowest BCUT2D eigenvalue weighted by molar-refractivity contribution is -0.118. The van der Waals surface area contributed by atoms with E-state index in [0.29, 0.717) is 30.0 Å². The molecule has 0 saturated carbocycles. The van der Waals surface area contributed by atoms with Crippen molar-refractivity contribution < 1.29 is 13.9 Å². The Morgan fingerprint density at radius 3 is 2.52 bits per heavy atom. The summed E-state index contributed by atoms with van der Waals surface area (Å²) in [5.74, 6) is 0.833. The molecule has 1 heterocycles. The van der Waals surface area contributed by atoms with Gasteiger partial charge in [-0.1, -0.05) is 68.1 Å². The van der Waals surface area contributed by atoms with Gasteiger partial charge in [-0.25, -0.2) is 4.39 Å². The first kappa shape index (κ1) is 22.8. The van der Waals surface area contributed by atoms with Gasteiger partial charge in [0.2, 0.25) is 5.91 Å². The molecule has 2 aromatic carbocycles. The quantitative estimate of drug-likeness (QED) is 0.464. The molecule has 6 nitrogen and oxygen atoms in total. The largest absolute Gasteiger partial charge is 0.480 e. The molecular weight excluding hydrogens is 415 g/mol. The molecule has 1 N–H and O–H groups in total. The third-order valence-corrected chi connectivity index (χ3v) is 5.43. The normalized spacial score (nSPS) is 12.0.